The molecular weight excluding hydrogens is 388 g/mol. The van der Waals surface area contributed by atoms with Gasteiger partial charge in [-0.25, -0.2) is 4.39 Å². The summed E-state index contributed by atoms with van der Waals surface area (Å²) in [5.41, 5.74) is 8.78. The van der Waals surface area contributed by atoms with Crippen molar-refractivity contribution in [2.24, 2.45) is 5.73 Å². The first-order valence-electron chi connectivity index (χ1n) is 7.94. The summed E-state index contributed by atoms with van der Waals surface area (Å²) in [6.07, 6.45) is 3.18. The summed E-state index contributed by atoms with van der Waals surface area (Å²) in [6.45, 7) is 0. The van der Waals surface area contributed by atoms with Crippen LogP contribution in [0.5, 0.6) is 0 Å². The lowest BCUT2D eigenvalue weighted by Gasteiger charge is -2.13. The average Bonchev–Trinajstić information content (AvgIpc) is 2.64. The minimum absolute atomic E-state index is 0. The monoisotopic (exact) mass is 407 g/mol. The van der Waals surface area contributed by atoms with Gasteiger partial charge in [-0.3, -0.25) is 9.78 Å². The molecule has 0 saturated carbocycles. The van der Waals surface area contributed by atoms with Crippen molar-refractivity contribution in [3.05, 3.63) is 84.4 Å². The van der Waals surface area contributed by atoms with Crippen molar-refractivity contribution in [2.75, 3.05) is 5.32 Å². The van der Waals surface area contributed by atoms with Crippen molar-refractivity contribution in [3.63, 3.8) is 0 Å². The van der Waals surface area contributed by atoms with Crippen molar-refractivity contribution in [1.29, 1.82) is 0 Å². The zero-order valence-electron chi connectivity index (χ0n) is 14.3. The number of pyridine rings is 1. The van der Waals surface area contributed by atoms with Crippen LogP contribution in [0.1, 0.15) is 5.56 Å². The summed E-state index contributed by atoms with van der Waals surface area (Å²) in [5.74, 6) is -0.643. The molecule has 3 aromatic rings. The van der Waals surface area contributed by atoms with Crippen molar-refractivity contribution in [2.45, 2.75) is 12.5 Å². The maximum atomic E-state index is 13.8. The zero-order chi connectivity index (χ0) is 17.6. The number of nitrogens with one attached hydrogen (secondary N) is 1. The summed E-state index contributed by atoms with van der Waals surface area (Å²) in [5, 5.41) is 2.79. The lowest BCUT2D eigenvalue weighted by atomic mass is 10.1. The Morgan fingerprint density at radius 1 is 1.04 bits per heavy atom. The largest absolute Gasteiger partial charge is 0.325 e. The molecule has 142 valence electrons. The summed E-state index contributed by atoms with van der Waals surface area (Å²) in [7, 11) is 0. The Kier molecular flexibility index (Phi) is 8.88. The van der Waals surface area contributed by atoms with Gasteiger partial charge in [-0.15, -0.1) is 24.8 Å². The molecule has 0 unspecified atom stereocenters. The molecule has 1 amide bonds. The van der Waals surface area contributed by atoms with E-state index in [0.717, 1.165) is 5.56 Å². The second kappa shape index (κ2) is 10.6. The van der Waals surface area contributed by atoms with E-state index in [1.165, 1.54) is 12.4 Å². The molecule has 0 bridgehead atoms. The SMILES string of the molecule is Cl.Cl.N[C@H](Cc1ccccc1)C(=O)Nc1ccc(-c2ccncc2F)cc1. The standard InChI is InChI=1S/C20H18FN3O.2ClH/c21-18-13-23-11-10-17(18)15-6-8-16(9-7-15)24-20(25)19(22)12-14-4-2-1-3-5-14;;/h1-11,13,19H,12,22H2,(H,24,25);2*1H/t19-;;/m1../s1. The molecule has 1 atom stereocenters. The Morgan fingerprint density at radius 2 is 1.70 bits per heavy atom. The second-order valence-corrected chi connectivity index (χ2v) is 5.72. The van der Waals surface area contributed by atoms with Crippen molar-refractivity contribution < 1.29 is 9.18 Å². The highest BCUT2D eigenvalue weighted by Crippen LogP contribution is 2.23. The van der Waals surface area contributed by atoms with Gasteiger partial charge >= 0.3 is 0 Å². The smallest absolute Gasteiger partial charge is 0.241 e. The number of rotatable bonds is 5. The molecule has 2 aromatic carbocycles. The van der Waals surface area contributed by atoms with Crippen LogP contribution in [0.15, 0.2) is 73.1 Å². The van der Waals surface area contributed by atoms with E-state index in [1.54, 1.807) is 30.3 Å². The molecule has 7 heteroatoms. The third-order valence-corrected chi connectivity index (χ3v) is 3.87. The molecule has 4 nitrogen and oxygen atoms in total. The molecule has 0 saturated heterocycles. The van der Waals surface area contributed by atoms with Crippen molar-refractivity contribution in [3.8, 4) is 11.1 Å². The van der Waals surface area contributed by atoms with Gasteiger partial charge in [0.2, 0.25) is 5.91 Å². The Morgan fingerprint density at radius 3 is 2.33 bits per heavy atom. The van der Waals surface area contributed by atoms with Crippen LogP contribution in [0.25, 0.3) is 11.1 Å². The van der Waals surface area contributed by atoms with Gasteiger partial charge in [0.1, 0.15) is 5.82 Å². The summed E-state index contributed by atoms with van der Waals surface area (Å²) in [6, 6.07) is 17.5. The number of nitrogens with two attached hydrogens (primary N) is 1. The lowest BCUT2D eigenvalue weighted by Crippen LogP contribution is -2.37. The molecule has 3 N–H and O–H groups in total. The van der Waals surface area contributed by atoms with Gasteiger partial charge in [0, 0.05) is 17.4 Å². The van der Waals surface area contributed by atoms with Crippen LogP contribution in [0, 0.1) is 5.82 Å². The lowest BCUT2D eigenvalue weighted by molar-refractivity contribution is -0.117. The number of carbonyl (C=O) groups excluding carboxylic acids is 1. The minimum atomic E-state index is -0.639. The van der Waals surface area contributed by atoms with Gasteiger partial charge in [-0.2, -0.15) is 0 Å². The third-order valence-electron chi connectivity index (χ3n) is 3.87. The van der Waals surface area contributed by atoms with Crippen molar-refractivity contribution in [1.82, 2.24) is 4.98 Å². The van der Waals surface area contributed by atoms with Crippen LogP contribution in [0.4, 0.5) is 10.1 Å². The van der Waals surface area contributed by atoms with E-state index < -0.39 is 6.04 Å². The molecule has 3 rings (SSSR count). The summed E-state index contributed by atoms with van der Waals surface area (Å²) >= 11 is 0. The van der Waals surface area contributed by atoms with Gasteiger partial charge in [-0.1, -0.05) is 42.5 Å². The normalized spacial score (nSPS) is 10.9. The van der Waals surface area contributed by atoms with Crippen LogP contribution in [-0.4, -0.2) is 16.9 Å². The topological polar surface area (TPSA) is 68.0 Å². The fraction of sp³-hybridized carbons (Fsp3) is 0.100. The predicted octanol–water partition coefficient (Wildman–Crippen LogP) is 4.24. The quantitative estimate of drug-likeness (QED) is 0.664. The highest BCUT2D eigenvalue weighted by atomic mass is 35.5. The summed E-state index contributed by atoms with van der Waals surface area (Å²) < 4.78 is 13.8. The Balaban J connectivity index is 0.00000182. The molecule has 1 heterocycles. The van der Waals surface area contributed by atoms with E-state index in [0.29, 0.717) is 23.2 Å². The first kappa shape index (κ1) is 22.6. The van der Waals surface area contributed by atoms with Gasteiger partial charge in [0.15, 0.2) is 0 Å². The van der Waals surface area contributed by atoms with E-state index in [9.17, 15) is 9.18 Å². The van der Waals surface area contributed by atoms with Crippen LogP contribution < -0.4 is 11.1 Å². The molecule has 0 aliphatic carbocycles. The molecule has 0 spiro atoms. The highest BCUT2D eigenvalue weighted by Gasteiger charge is 2.14. The molecule has 0 aliphatic heterocycles. The zero-order valence-corrected chi connectivity index (χ0v) is 16.0. The predicted molar refractivity (Wildman–Crippen MR) is 111 cm³/mol. The van der Waals surface area contributed by atoms with Crippen LogP contribution in [-0.2, 0) is 11.2 Å². The highest BCUT2D eigenvalue weighted by molar-refractivity contribution is 5.95. The average molecular weight is 408 g/mol. The van der Waals surface area contributed by atoms with Crippen LogP contribution in [0.2, 0.25) is 0 Å². The van der Waals surface area contributed by atoms with Crippen molar-refractivity contribution >= 4 is 36.4 Å². The van der Waals surface area contributed by atoms with E-state index >= 15 is 0 Å². The third kappa shape index (κ3) is 6.03. The van der Waals surface area contributed by atoms with E-state index in [-0.39, 0.29) is 36.5 Å². The minimum Gasteiger partial charge on any atom is -0.325 e. The number of amides is 1. The first-order valence-corrected chi connectivity index (χ1v) is 7.94. The van der Waals surface area contributed by atoms with Gasteiger partial charge < -0.3 is 11.1 Å². The molecule has 0 fully saturated rings. The van der Waals surface area contributed by atoms with E-state index in [2.05, 4.69) is 10.3 Å². The maximum absolute atomic E-state index is 13.8. The Bertz CT molecular complexity index is 861. The van der Waals surface area contributed by atoms with Gasteiger partial charge in [0.05, 0.1) is 12.2 Å². The fourth-order valence-electron chi connectivity index (χ4n) is 2.54. The van der Waals surface area contributed by atoms with Crippen LogP contribution >= 0.6 is 24.8 Å². The number of anilines is 1. The molecular formula is C20H20Cl2FN3O. The molecule has 1 aromatic heterocycles. The summed E-state index contributed by atoms with van der Waals surface area (Å²) in [4.78, 5) is 16.0. The maximum Gasteiger partial charge on any atom is 0.241 e. The van der Waals surface area contributed by atoms with Crippen LogP contribution in [0.3, 0.4) is 0 Å². The number of carbonyl (C=O) groups is 1. The fourth-order valence-corrected chi connectivity index (χ4v) is 2.54. The number of nitrogens with zero attached hydrogens (tertiary/aromatic N) is 1. The molecule has 0 radical (unpaired) electrons. The number of benzene rings is 2. The van der Waals surface area contributed by atoms with Gasteiger partial charge in [0.25, 0.3) is 0 Å². The Hall–Kier alpha value is -2.47. The number of hydrogen-bond donors (Lipinski definition) is 2. The molecule has 27 heavy (non-hydrogen) atoms. The van der Waals surface area contributed by atoms with E-state index in [4.69, 9.17) is 5.73 Å². The number of halogens is 3. The Labute approximate surface area is 169 Å². The first-order chi connectivity index (χ1) is 12.1. The number of aromatic nitrogens is 1. The second-order valence-electron chi connectivity index (χ2n) is 5.72. The van der Waals surface area contributed by atoms with Gasteiger partial charge in [-0.05, 0) is 35.7 Å². The van der Waals surface area contributed by atoms with E-state index in [1.807, 2.05) is 30.3 Å². The molecule has 0 aliphatic rings. The number of hydrogen-bond acceptors (Lipinski definition) is 3.